The molecule has 0 radical (unpaired) electrons. The Morgan fingerprint density at radius 2 is 1.71 bits per heavy atom. The van der Waals surface area contributed by atoms with Crippen molar-refractivity contribution in [1.29, 1.82) is 0 Å². The Bertz CT molecular complexity index is 1140. The van der Waals surface area contributed by atoms with E-state index in [0.717, 1.165) is 18.7 Å². The Morgan fingerprint density at radius 1 is 1.00 bits per heavy atom. The predicted molar refractivity (Wildman–Crippen MR) is 125 cm³/mol. The Morgan fingerprint density at radius 3 is 2.46 bits per heavy atom. The summed E-state index contributed by atoms with van der Waals surface area (Å²) in [4.78, 5) is 31.7. The third kappa shape index (κ3) is 4.51. The van der Waals surface area contributed by atoms with Crippen LogP contribution in [-0.2, 0) is 16.9 Å². The van der Waals surface area contributed by atoms with Gasteiger partial charge in [0.25, 0.3) is 5.91 Å². The second kappa shape index (κ2) is 9.35. The van der Waals surface area contributed by atoms with Crippen molar-refractivity contribution in [3.05, 3.63) is 53.3 Å². The van der Waals surface area contributed by atoms with Crippen LogP contribution in [0.4, 0.5) is 9.18 Å². The van der Waals surface area contributed by atoms with Crippen molar-refractivity contribution < 1.29 is 28.2 Å². The fourth-order valence-electron chi connectivity index (χ4n) is 4.78. The number of hydrogen-bond acceptors (Lipinski definition) is 7. The largest absolute Gasteiger partial charge is 0.496 e. The number of methoxy groups -OCH3 is 1. The van der Waals surface area contributed by atoms with E-state index in [1.807, 2.05) is 0 Å². The lowest BCUT2D eigenvalue weighted by Gasteiger charge is -2.36. The van der Waals surface area contributed by atoms with Gasteiger partial charge in [-0.25, -0.2) is 14.1 Å². The first-order valence-electron chi connectivity index (χ1n) is 11.7. The molecule has 0 aliphatic carbocycles. The van der Waals surface area contributed by atoms with Crippen molar-refractivity contribution in [1.82, 2.24) is 20.0 Å². The molecule has 9 nitrogen and oxygen atoms in total. The second-order valence-corrected chi connectivity index (χ2v) is 9.14. The number of halogens is 1. The number of piperazine rings is 1. The van der Waals surface area contributed by atoms with Crippen molar-refractivity contribution >= 4 is 11.9 Å². The molecule has 2 fully saturated rings. The minimum absolute atomic E-state index is 0.210. The molecule has 3 aliphatic rings. The summed E-state index contributed by atoms with van der Waals surface area (Å²) in [5.74, 6) is 1.27. The number of nitrogens with one attached hydrogen (secondary N) is 1. The van der Waals surface area contributed by atoms with E-state index in [4.69, 9.17) is 14.2 Å². The highest BCUT2D eigenvalue weighted by atomic mass is 19.1. The van der Waals surface area contributed by atoms with Gasteiger partial charge in [-0.05, 0) is 42.8 Å². The Kier molecular flexibility index (Phi) is 6.24. The second-order valence-electron chi connectivity index (χ2n) is 9.14. The summed E-state index contributed by atoms with van der Waals surface area (Å²) in [7, 11) is 1.57. The topological polar surface area (TPSA) is 83.6 Å². The number of benzene rings is 2. The van der Waals surface area contributed by atoms with Crippen molar-refractivity contribution in [2.45, 2.75) is 19.0 Å². The highest BCUT2D eigenvalue weighted by Gasteiger charge is 2.49. The molecular weight excluding hydrogens is 455 g/mol. The molecule has 2 aromatic carbocycles. The molecule has 5 rings (SSSR count). The molecule has 3 heterocycles. The predicted octanol–water partition coefficient (Wildman–Crippen LogP) is 2.15. The first kappa shape index (κ1) is 23.4. The number of hydrogen-bond donors (Lipinski definition) is 1. The van der Waals surface area contributed by atoms with Gasteiger partial charge in [-0.3, -0.25) is 14.6 Å². The number of nitrogens with zero attached hydrogens (tertiary/aromatic N) is 3. The maximum Gasteiger partial charge on any atom is 0.326 e. The standard InChI is InChI=1S/C25H29FN4O5/c1-25(18-3-5-21-22(14-18)35-12-11-34-21)23(31)30(24(32)27-25)16-29-9-7-28(8-10-29)15-17-13-19(26)4-6-20(17)33-2/h3-6,13-14H,7-12,15-16H2,1-2H3,(H,27,32). The van der Waals surface area contributed by atoms with E-state index in [1.165, 1.54) is 17.0 Å². The molecule has 3 aliphatic heterocycles. The number of rotatable bonds is 6. The van der Waals surface area contributed by atoms with Crippen molar-refractivity contribution in [3.63, 3.8) is 0 Å². The molecule has 186 valence electrons. The molecule has 0 saturated carbocycles. The van der Waals surface area contributed by atoms with E-state index in [0.29, 0.717) is 55.7 Å². The quantitative estimate of drug-likeness (QED) is 0.629. The molecule has 2 aromatic rings. The van der Waals surface area contributed by atoms with E-state index < -0.39 is 11.6 Å². The van der Waals surface area contributed by atoms with Crippen LogP contribution in [0.1, 0.15) is 18.1 Å². The van der Waals surface area contributed by atoms with Crippen LogP contribution >= 0.6 is 0 Å². The number of urea groups is 1. The lowest BCUT2D eigenvalue weighted by atomic mass is 9.91. The van der Waals surface area contributed by atoms with Crippen LogP contribution in [0.3, 0.4) is 0 Å². The van der Waals surface area contributed by atoms with E-state index in [2.05, 4.69) is 15.1 Å². The summed E-state index contributed by atoms with van der Waals surface area (Å²) in [5.41, 5.74) is 0.268. The molecule has 10 heteroatoms. The minimum Gasteiger partial charge on any atom is -0.496 e. The van der Waals surface area contributed by atoms with Gasteiger partial charge in [0.05, 0.1) is 13.8 Å². The zero-order chi connectivity index (χ0) is 24.6. The van der Waals surface area contributed by atoms with E-state index in [-0.39, 0.29) is 18.4 Å². The molecule has 1 unspecified atom stereocenters. The van der Waals surface area contributed by atoms with Gasteiger partial charge < -0.3 is 19.5 Å². The third-order valence-corrected chi connectivity index (χ3v) is 6.84. The van der Waals surface area contributed by atoms with Crippen molar-refractivity contribution in [2.24, 2.45) is 0 Å². The number of ether oxygens (including phenoxy) is 3. The van der Waals surface area contributed by atoms with Gasteiger partial charge in [-0.1, -0.05) is 6.07 Å². The summed E-state index contributed by atoms with van der Waals surface area (Å²) in [6.07, 6.45) is 0. The SMILES string of the molecule is COc1ccc(F)cc1CN1CCN(CN2C(=O)NC(C)(c3ccc4c(c3)OCCO4)C2=O)CC1. The van der Waals surface area contributed by atoms with Crippen LogP contribution in [0, 0.1) is 5.82 Å². The van der Waals surface area contributed by atoms with Gasteiger partial charge in [0.2, 0.25) is 0 Å². The Hall–Kier alpha value is -3.37. The first-order valence-corrected chi connectivity index (χ1v) is 11.7. The van der Waals surface area contributed by atoms with Crippen LogP contribution in [0.15, 0.2) is 36.4 Å². The average Bonchev–Trinajstić information content (AvgIpc) is 3.09. The number of imide groups is 1. The summed E-state index contributed by atoms with van der Waals surface area (Å²) in [6.45, 7) is 6.22. The van der Waals surface area contributed by atoms with Gasteiger partial charge in [-0.2, -0.15) is 0 Å². The van der Waals surface area contributed by atoms with Gasteiger partial charge in [0.1, 0.15) is 30.3 Å². The number of fused-ring (bicyclic) bond motifs is 1. The minimum atomic E-state index is -1.18. The molecule has 3 amide bonds. The van der Waals surface area contributed by atoms with E-state index in [1.54, 1.807) is 38.3 Å². The van der Waals surface area contributed by atoms with Crippen molar-refractivity contribution in [3.8, 4) is 17.2 Å². The Balaban J connectivity index is 1.21. The maximum absolute atomic E-state index is 13.7. The molecule has 2 saturated heterocycles. The van der Waals surface area contributed by atoms with Gasteiger partial charge in [0, 0.05) is 38.3 Å². The Labute approximate surface area is 203 Å². The number of amides is 3. The van der Waals surface area contributed by atoms with Crippen molar-refractivity contribution in [2.75, 3.05) is 53.2 Å². The average molecular weight is 485 g/mol. The highest BCUT2D eigenvalue weighted by Crippen LogP contribution is 2.37. The highest BCUT2D eigenvalue weighted by molar-refractivity contribution is 6.07. The smallest absolute Gasteiger partial charge is 0.326 e. The van der Waals surface area contributed by atoms with Gasteiger partial charge >= 0.3 is 6.03 Å². The number of carbonyl (C=O) groups is 2. The molecule has 0 aromatic heterocycles. The summed E-state index contributed by atoms with van der Waals surface area (Å²) >= 11 is 0. The van der Waals surface area contributed by atoms with Gasteiger partial charge in [-0.15, -0.1) is 0 Å². The zero-order valence-corrected chi connectivity index (χ0v) is 19.9. The van der Waals surface area contributed by atoms with Crippen LogP contribution in [0.2, 0.25) is 0 Å². The fraction of sp³-hybridized carbons (Fsp3) is 0.440. The van der Waals surface area contributed by atoms with Gasteiger partial charge in [0.15, 0.2) is 11.5 Å². The maximum atomic E-state index is 13.7. The summed E-state index contributed by atoms with van der Waals surface area (Å²) in [6, 6.07) is 9.42. The van der Waals surface area contributed by atoms with E-state index in [9.17, 15) is 14.0 Å². The molecule has 1 atom stereocenters. The fourth-order valence-corrected chi connectivity index (χ4v) is 4.78. The first-order chi connectivity index (χ1) is 16.9. The third-order valence-electron chi connectivity index (χ3n) is 6.84. The lowest BCUT2D eigenvalue weighted by Crippen LogP contribution is -2.51. The summed E-state index contributed by atoms with van der Waals surface area (Å²) < 4.78 is 30.3. The van der Waals surface area contributed by atoms with E-state index >= 15 is 0 Å². The van der Waals surface area contributed by atoms with Crippen LogP contribution in [0.25, 0.3) is 0 Å². The van der Waals surface area contributed by atoms with Crippen LogP contribution in [0.5, 0.6) is 17.2 Å². The molecule has 0 bridgehead atoms. The lowest BCUT2D eigenvalue weighted by molar-refractivity contribution is -0.132. The molecule has 0 spiro atoms. The van der Waals surface area contributed by atoms with Crippen LogP contribution < -0.4 is 19.5 Å². The molecule has 35 heavy (non-hydrogen) atoms. The zero-order valence-electron chi connectivity index (χ0n) is 19.9. The number of carbonyl (C=O) groups excluding carboxylic acids is 2. The summed E-state index contributed by atoms with van der Waals surface area (Å²) in [5, 5.41) is 2.86. The van der Waals surface area contributed by atoms with Crippen LogP contribution in [-0.4, -0.2) is 79.8 Å². The molecule has 1 N–H and O–H groups in total. The monoisotopic (exact) mass is 484 g/mol. The molecular formula is C25H29FN4O5. The normalized spacial score (nSPS) is 22.9.